The van der Waals surface area contributed by atoms with E-state index >= 15 is 0 Å². The molecule has 1 heteroatoms. The Bertz CT molecular complexity index is 457. The topological polar surface area (TPSA) is 9.23 Å². The van der Waals surface area contributed by atoms with E-state index in [9.17, 15) is 0 Å². The van der Waals surface area contributed by atoms with Gasteiger partial charge in [0.2, 0.25) is 0 Å². The van der Waals surface area contributed by atoms with Gasteiger partial charge in [-0.1, -0.05) is 35.9 Å². The van der Waals surface area contributed by atoms with Crippen molar-refractivity contribution in [2.24, 2.45) is 0 Å². The molecule has 1 atom stereocenters. The van der Waals surface area contributed by atoms with Crippen LogP contribution >= 0.6 is 0 Å². The Morgan fingerprint density at radius 1 is 1.30 bits per heavy atom. The van der Waals surface area contributed by atoms with Crippen LogP contribution in [0.25, 0.3) is 0 Å². The van der Waals surface area contributed by atoms with Crippen LogP contribution in [0.15, 0.2) is 42.5 Å². The lowest BCUT2D eigenvalue weighted by molar-refractivity contribution is 0.0373. The number of allylic oxidation sites excluding steroid dienone is 2. The quantitative estimate of drug-likeness (QED) is 0.567. The van der Waals surface area contributed by atoms with E-state index in [0.29, 0.717) is 6.61 Å². The van der Waals surface area contributed by atoms with Crippen LogP contribution in [0.1, 0.15) is 49.8 Å². The molecule has 0 saturated carbocycles. The highest BCUT2D eigenvalue weighted by molar-refractivity contribution is 5.29. The Balaban J connectivity index is 2.52. The highest BCUT2D eigenvalue weighted by atomic mass is 16.5. The summed E-state index contributed by atoms with van der Waals surface area (Å²) in [6, 6.07) is 6.54. The zero-order chi connectivity index (χ0) is 15.0. The number of hydrogen-bond acceptors (Lipinski definition) is 1. The minimum absolute atomic E-state index is 0.268. The van der Waals surface area contributed by atoms with E-state index in [0.717, 1.165) is 19.3 Å². The van der Waals surface area contributed by atoms with Crippen molar-refractivity contribution in [2.75, 3.05) is 0 Å². The molecular weight excluding hydrogens is 244 g/mol. The molecule has 110 valence electrons. The molecule has 0 aliphatic heterocycles. The predicted octanol–water partition coefficient (Wildman–Crippen LogP) is 5.51. The van der Waals surface area contributed by atoms with Gasteiger partial charge in [0.05, 0.1) is 12.7 Å². The monoisotopic (exact) mass is 272 g/mol. The first-order chi connectivity index (χ1) is 9.56. The van der Waals surface area contributed by atoms with E-state index in [2.05, 4.69) is 58.5 Å². The van der Waals surface area contributed by atoms with E-state index in [-0.39, 0.29) is 6.10 Å². The second-order valence-electron chi connectivity index (χ2n) is 5.55. The van der Waals surface area contributed by atoms with Crippen molar-refractivity contribution in [1.82, 2.24) is 0 Å². The van der Waals surface area contributed by atoms with Crippen LogP contribution in [0.3, 0.4) is 0 Å². The summed E-state index contributed by atoms with van der Waals surface area (Å²) >= 11 is 0. The minimum Gasteiger partial charge on any atom is -0.373 e. The van der Waals surface area contributed by atoms with Crippen molar-refractivity contribution in [2.45, 2.75) is 59.7 Å². The third kappa shape index (κ3) is 5.75. The molecule has 0 radical (unpaired) electrons. The molecule has 0 aliphatic rings. The van der Waals surface area contributed by atoms with Gasteiger partial charge in [-0.3, -0.25) is 0 Å². The molecule has 0 fully saturated rings. The molecule has 1 aromatic rings. The van der Waals surface area contributed by atoms with Gasteiger partial charge in [0.25, 0.3) is 0 Å². The second-order valence-corrected chi connectivity index (χ2v) is 5.55. The second kappa shape index (κ2) is 8.76. The Kier molecular flexibility index (Phi) is 7.32. The van der Waals surface area contributed by atoms with Gasteiger partial charge in [0, 0.05) is 0 Å². The molecule has 0 bridgehead atoms. The molecule has 0 N–H and O–H groups in total. The summed E-state index contributed by atoms with van der Waals surface area (Å²) in [5.74, 6) is 0. The molecule has 0 spiro atoms. The van der Waals surface area contributed by atoms with E-state index in [1.165, 1.54) is 22.3 Å². The summed E-state index contributed by atoms with van der Waals surface area (Å²) < 4.78 is 6.06. The third-order valence-corrected chi connectivity index (χ3v) is 3.84. The number of aryl methyl sites for hydroxylation is 2. The molecule has 0 heterocycles. The largest absolute Gasteiger partial charge is 0.373 e. The molecule has 1 rings (SSSR count). The van der Waals surface area contributed by atoms with E-state index in [1.807, 2.05) is 6.08 Å². The summed E-state index contributed by atoms with van der Waals surface area (Å²) in [6.45, 7) is 13.1. The molecule has 20 heavy (non-hydrogen) atoms. The lowest BCUT2D eigenvalue weighted by Crippen LogP contribution is -2.12. The molecule has 1 aromatic carbocycles. The molecule has 0 aliphatic carbocycles. The van der Waals surface area contributed by atoms with Gasteiger partial charge in [-0.15, -0.1) is 6.58 Å². The van der Waals surface area contributed by atoms with Gasteiger partial charge in [0.1, 0.15) is 0 Å². The highest BCUT2D eigenvalue weighted by Crippen LogP contribution is 2.16. The number of ether oxygens (including phenoxy) is 1. The SMILES string of the molecule is C=CC[C@H](CC/C(C)=C/C)OCc1ccc(C)c(C)c1. The zero-order valence-electron chi connectivity index (χ0n) is 13.4. The number of hydrogen-bond donors (Lipinski definition) is 0. The minimum atomic E-state index is 0.268. The summed E-state index contributed by atoms with van der Waals surface area (Å²) in [5.41, 5.74) is 5.34. The fourth-order valence-electron chi connectivity index (χ4n) is 2.10. The Morgan fingerprint density at radius 3 is 2.65 bits per heavy atom. The standard InChI is InChI=1S/C19H28O/c1-6-8-19(12-9-15(3)7-2)20-14-18-11-10-16(4)17(5)13-18/h6-7,10-11,13,19H,1,8-9,12,14H2,2-5H3/b15-7+/t19-/m1/s1. The van der Waals surface area contributed by atoms with Gasteiger partial charge >= 0.3 is 0 Å². The van der Waals surface area contributed by atoms with Gasteiger partial charge < -0.3 is 4.74 Å². The molecule has 1 nitrogen and oxygen atoms in total. The van der Waals surface area contributed by atoms with Crippen LogP contribution in [0.5, 0.6) is 0 Å². The normalized spacial score (nSPS) is 13.3. The summed E-state index contributed by atoms with van der Waals surface area (Å²) in [5, 5.41) is 0. The van der Waals surface area contributed by atoms with Gasteiger partial charge in [-0.2, -0.15) is 0 Å². The Labute approximate surface area is 124 Å². The lowest BCUT2D eigenvalue weighted by atomic mass is 10.1. The van der Waals surface area contributed by atoms with Crippen molar-refractivity contribution in [1.29, 1.82) is 0 Å². The smallest absolute Gasteiger partial charge is 0.0720 e. The molecule has 0 aromatic heterocycles. The lowest BCUT2D eigenvalue weighted by Gasteiger charge is -2.17. The van der Waals surface area contributed by atoms with Crippen LogP contribution < -0.4 is 0 Å². The maximum absolute atomic E-state index is 6.06. The highest BCUT2D eigenvalue weighted by Gasteiger charge is 2.08. The maximum Gasteiger partial charge on any atom is 0.0720 e. The van der Waals surface area contributed by atoms with Crippen molar-refractivity contribution >= 4 is 0 Å². The third-order valence-electron chi connectivity index (χ3n) is 3.84. The maximum atomic E-state index is 6.06. The molecule has 0 amide bonds. The summed E-state index contributed by atoms with van der Waals surface area (Å²) in [7, 11) is 0. The van der Waals surface area contributed by atoms with Crippen LogP contribution in [0.4, 0.5) is 0 Å². The first-order valence-electron chi connectivity index (χ1n) is 7.47. The summed E-state index contributed by atoms with van der Waals surface area (Å²) in [4.78, 5) is 0. The van der Waals surface area contributed by atoms with Crippen LogP contribution in [-0.2, 0) is 11.3 Å². The summed E-state index contributed by atoms with van der Waals surface area (Å²) in [6.07, 6.45) is 7.48. The number of benzene rings is 1. The predicted molar refractivity (Wildman–Crippen MR) is 88.0 cm³/mol. The average Bonchev–Trinajstić information content (AvgIpc) is 2.45. The van der Waals surface area contributed by atoms with Gasteiger partial charge in [0.15, 0.2) is 0 Å². The number of rotatable bonds is 8. The van der Waals surface area contributed by atoms with Crippen LogP contribution in [0.2, 0.25) is 0 Å². The Morgan fingerprint density at radius 2 is 2.05 bits per heavy atom. The zero-order valence-corrected chi connectivity index (χ0v) is 13.4. The van der Waals surface area contributed by atoms with Crippen molar-refractivity contribution < 1.29 is 4.74 Å². The van der Waals surface area contributed by atoms with Crippen molar-refractivity contribution in [3.8, 4) is 0 Å². The molecule has 0 saturated heterocycles. The van der Waals surface area contributed by atoms with Gasteiger partial charge in [-0.25, -0.2) is 0 Å². The first kappa shape index (κ1) is 16.7. The van der Waals surface area contributed by atoms with E-state index < -0.39 is 0 Å². The average molecular weight is 272 g/mol. The fraction of sp³-hybridized carbons (Fsp3) is 0.474. The molecular formula is C19H28O. The Hall–Kier alpha value is -1.34. The van der Waals surface area contributed by atoms with Crippen molar-refractivity contribution in [3.05, 3.63) is 59.2 Å². The molecule has 0 unspecified atom stereocenters. The van der Waals surface area contributed by atoms with Crippen LogP contribution in [-0.4, -0.2) is 6.10 Å². The van der Waals surface area contributed by atoms with E-state index in [1.54, 1.807) is 0 Å². The fourth-order valence-corrected chi connectivity index (χ4v) is 2.10. The first-order valence-corrected chi connectivity index (χ1v) is 7.47. The van der Waals surface area contributed by atoms with Crippen LogP contribution in [0, 0.1) is 13.8 Å². The van der Waals surface area contributed by atoms with E-state index in [4.69, 9.17) is 4.74 Å². The van der Waals surface area contributed by atoms with Gasteiger partial charge in [-0.05, 0) is 63.6 Å². The van der Waals surface area contributed by atoms with Crippen molar-refractivity contribution in [3.63, 3.8) is 0 Å².